The summed E-state index contributed by atoms with van der Waals surface area (Å²) in [6.07, 6.45) is 4.90. The first kappa shape index (κ1) is 25.0. The maximum absolute atomic E-state index is 13.1. The second-order valence-corrected chi connectivity index (χ2v) is 8.51. The second kappa shape index (κ2) is 13.3. The summed E-state index contributed by atoms with van der Waals surface area (Å²) in [5.41, 5.74) is 0.832. The maximum Gasteiger partial charge on any atom is 0.220 e. The Labute approximate surface area is 173 Å². The Kier molecular flexibility index (Phi) is 11.5. The van der Waals surface area contributed by atoms with Crippen molar-refractivity contribution < 1.29 is 28.3 Å². The predicted molar refractivity (Wildman–Crippen MR) is 108 cm³/mol. The number of hydrogen-bond acceptors (Lipinski definition) is 4. The van der Waals surface area contributed by atoms with E-state index in [4.69, 9.17) is 4.74 Å². The Bertz CT molecular complexity index is 631. The fourth-order valence-electron chi connectivity index (χ4n) is 3.16. The SMILES string of the molecule is C[N+](C)(C)CC(CC(=O)[O-])NC(=O)CCCCCCCOCc1cccc(F)c1. The highest BCUT2D eigenvalue weighted by atomic mass is 19.1. The second-order valence-electron chi connectivity index (χ2n) is 8.51. The van der Waals surface area contributed by atoms with Gasteiger partial charge in [0.05, 0.1) is 40.3 Å². The number of carbonyl (C=O) groups is 2. The number of likely N-dealkylation sites (N-methyl/N-ethyl adjacent to an activating group) is 1. The summed E-state index contributed by atoms with van der Waals surface area (Å²) in [5.74, 6) is -1.51. The van der Waals surface area contributed by atoms with Crippen LogP contribution in [0.25, 0.3) is 0 Å². The molecule has 164 valence electrons. The Morgan fingerprint density at radius 3 is 2.48 bits per heavy atom. The van der Waals surface area contributed by atoms with E-state index >= 15 is 0 Å². The van der Waals surface area contributed by atoms with Gasteiger partial charge in [-0.05, 0) is 30.5 Å². The molecule has 0 radical (unpaired) electrons. The van der Waals surface area contributed by atoms with Crippen LogP contribution in [0.15, 0.2) is 24.3 Å². The molecular weight excluding hydrogens is 375 g/mol. The van der Waals surface area contributed by atoms with Gasteiger partial charge in [-0.1, -0.05) is 31.4 Å². The first-order chi connectivity index (χ1) is 13.7. The molecule has 1 atom stereocenters. The molecule has 1 N–H and O–H groups in total. The van der Waals surface area contributed by atoms with E-state index in [0.717, 1.165) is 37.7 Å². The number of rotatable bonds is 15. The van der Waals surface area contributed by atoms with Crippen LogP contribution in [0.1, 0.15) is 50.5 Å². The molecule has 0 saturated carbocycles. The van der Waals surface area contributed by atoms with E-state index in [2.05, 4.69) is 5.32 Å². The first-order valence-electron chi connectivity index (χ1n) is 10.3. The quantitative estimate of drug-likeness (QED) is 0.354. The lowest BCUT2D eigenvalue weighted by Crippen LogP contribution is -2.50. The van der Waals surface area contributed by atoms with E-state index in [9.17, 15) is 19.1 Å². The summed E-state index contributed by atoms with van der Waals surface area (Å²) in [5, 5.41) is 13.7. The van der Waals surface area contributed by atoms with Crippen LogP contribution in [0, 0.1) is 5.82 Å². The van der Waals surface area contributed by atoms with Crippen molar-refractivity contribution in [3.63, 3.8) is 0 Å². The number of halogens is 1. The molecule has 0 bridgehead atoms. The van der Waals surface area contributed by atoms with Gasteiger partial charge in [0, 0.05) is 25.4 Å². The molecule has 1 aromatic rings. The van der Waals surface area contributed by atoms with Gasteiger partial charge in [-0.15, -0.1) is 0 Å². The van der Waals surface area contributed by atoms with E-state index < -0.39 is 12.0 Å². The van der Waals surface area contributed by atoms with Gasteiger partial charge in [0.25, 0.3) is 0 Å². The van der Waals surface area contributed by atoms with Crippen LogP contribution in [-0.4, -0.2) is 56.7 Å². The molecule has 1 unspecified atom stereocenters. The number of quaternary nitrogens is 1. The number of nitrogens with zero attached hydrogens (tertiary/aromatic N) is 1. The number of carboxylic acids is 1. The standard InChI is InChI=1S/C22H35FN2O4/c1-25(2,3)16-20(15-22(27)28)24-21(26)12-7-5-4-6-8-13-29-17-18-10-9-11-19(23)14-18/h9-11,14,20H,4-8,12-13,15-17H2,1-3H3,(H-,24,26,27,28). The Morgan fingerprint density at radius 2 is 1.83 bits per heavy atom. The maximum atomic E-state index is 13.1. The van der Waals surface area contributed by atoms with Crippen LogP contribution in [0.4, 0.5) is 4.39 Å². The number of carbonyl (C=O) groups excluding carboxylic acids is 2. The molecule has 0 saturated heterocycles. The summed E-state index contributed by atoms with van der Waals surface area (Å²) in [6, 6.07) is 5.99. The Hall–Kier alpha value is -1.99. The van der Waals surface area contributed by atoms with Crippen molar-refractivity contribution >= 4 is 11.9 Å². The third-order valence-electron chi connectivity index (χ3n) is 4.40. The van der Waals surface area contributed by atoms with E-state index in [0.29, 0.717) is 30.7 Å². The molecular formula is C22H35FN2O4. The number of aliphatic carboxylic acids is 1. The minimum Gasteiger partial charge on any atom is -0.550 e. The third kappa shape index (κ3) is 13.8. The average Bonchev–Trinajstić information content (AvgIpc) is 2.58. The fraction of sp³-hybridized carbons (Fsp3) is 0.636. The normalized spacial score (nSPS) is 12.6. The van der Waals surface area contributed by atoms with Crippen LogP contribution >= 0.6 is 0 Å². The number of amides is 1. The molecule has 6 nitrogen and oxygen atoms in total. The predicted octanol–water partition coefficient (Wildman–Crippen LogP) is 2.01. The number of hydrogen-bond donors (Lipinski definition) is 1. The zero-order valence-electron chi connectivity index (χ0n) is 17.9. The topological polar surface area (TPSA) is 78.5 Å². The van der Waals surface area contributed by atoms with Crippen molar-refractivity contribution in [2.45, 2.75) is 57.6 Å². The lowest BCUT2D eigenvalue weighted by atomic mass is 10.1. The monoisotopic (exact) mass is 410 g/mol. The van der Waals surface area contributed by atoms with E-state index in [1.165, 1.54) is 12.1 Å². The van der Waals surface area contributed by atoms with Gasteiger partial charge >= 0.3 is 0 Å². The molecule has 0 fully saturated rings. The minimum absolute atomic E-state index is 0.108. The number of nitrogens with one attached hydrogen (secondary N) is 1. The van der Waals surface area contributed by atoms with Gasteiger partial charge in [0.15, 0.2) is 0 Å². The minimum atomic E-state index is -1.15. The van der Waals surface area contributed by atoms with E-state index in [1.807, 2.05) is 27.2 Å². The number of ether oxygens (including phenoxy) is 1. The zero-order valence-corrected chi connectivity index (χ0v) is 17.9. The fourth-order valence-corrected chi connectivity index (χ4v) is 3.16. The van der Waals surface area contributed by atoms with E-state index in [1.54, 1.807) is 6.07 Å². The lowest BCUT2D eigenvalue weighted by molar-refractivity contribution is -0.871. The highest BCUT2D eigenvalue weighted by Crippen LogP contribution is 2.09. The van der Waals surface area contributed by atoms with Crippen LogP contribution < -0.4 is 10.4 Å². The number of unbranched alkanes of at least 4 members (excludes halogenated alkanes) is 4. The molecule has 7 heteroatoms. The molecule has 0 aromatic heterocycles. The van der Waals surface area contributed by atoms with Crippen LogP contribution in [0.5, 0.6) is 0 Å². The summed E-state index contributed by atoms with van der Waals surface area (Å²) in [6.45, 7) is 1.58. The van der Waals surface area contributed by atoms with Crippen molar-refractivity contribution in [2.24, 2.45) is 0 Å². The van der Waals surface area contributed by atoms with Crippen LogP contribution in [0.2, 0.25) is 0 Å². The van der Waals surface area contributed by atoms with Crippen molar-refractivity contribution in [3.8, 4) is 0 Å². The molecule has 1 rings (SSSR count). The van der Waals surface area contributed by atoms with Crippen molar-refractivity contribution in [1.82, 2.24) is 5.32 Å². The largest absolute Gasteiger partial charge is 0.550 e. The molecule has 1 amide bonds. The smallest absolute Gasteiger partial charge is 0.220 e. The number of benzene rings is 1. The van der Waals surface area contributed by atoms with Gasteiger partial charge in [0.2, 0.25) is 5.91 Å². The van der Waals surface area contributed by atoms with Crippen molar-refractivity contribution in [3.05, 3.63) is 35.6 Å². The lowest BCUT2D eigenvalue weighted by Gasteiger charge is -2.30. The molecule has 29 heavy (non-hydrogen) atoms. The van der Waals surface area contributed by atoms with Crippen LogP contribution in [0.3, 0.4) is 0 Å². The van der Waals surface area contributed by atoms with Gasteiger partial charge < -0.3 is 24.4 Å². The summed E-state index contributed by atoms with van der Waals surface area (Å²) in [4.78, 5) is 23.0. The average molecular weight is 411 g/mol. The zero-order chi connectivity index (χ0) is 21.7. The molecule has 0 aliphatic carbocycles. The molecule has 0 spiro atoms. The molecule has 0 aliphatic rings. The highest BCUT2D eigenvalue weighted by Gasteiger charge is 2.20. The molecule has 0 aliphatic heterocycles. The number of carboxylic acid groups (broad SMARTS) is 1. The summed E-state index contributed by atoms with van der Waals surface area (Å²) in [7, 11) is 5.86. The Balaban J connectivity index is 2.08. The third-order valence-corrected chi connectivity index (χ3v) is 4.40. The van der Waals surface area contributed by atoms with Gasteiger partial charge in [-0.25, -0.2) is 4.39 Å². The summed E-state index contributed by atoms with van der Waals surface area (Å²) >= 11 is 0. The van der Waals surface area contributed by atoms with Gasteiger partial charge in [-0.2, -0.15) is 0 Å². The van der Waals surface area contributed by atoms with Crippen molar-refractivity contribution in [1.29, 1.82) is 0 Å². The highest BCUT2D eigenvalue weighted by molar-refractivity contribution is 5.77. The van der Waals surface area contributed by atoms with Crippen molar-refractivity contribution in [2.75, 3.05) is 34.3 Å². The van der Waals surface area contributed by atoms with Gasteiger partial charge in [-0.3, -0.25) is 4.79 Å². The van der Waals surface area contributed by atoms with E-state index in [-0.39, 0.29) is 18.1 Å². The molecule has 1 aromatic carbocycles. The summed E-state index contributed by atoms with van der Waals surface area (Å²) < 4.78 is 19.2. The van der Waals surface area contributed by atoms with Crippen LogP contribution in [-0.2, 0) is 20.9 Å². The Morgan fingerprint density at radius 1 is 1.14 bits per heavy atom. The molecule has 0 heterocycles. The first-order valence-corrected chi connectivity index (χ1v) is 10.3. The van der Waals surface area contributed by atoms with Gasteiger partial charge in [0.1, 0.15) is 5.82 Å².